The van der Waals surface area contributed by atoms with E-state index in [0.717, 1.165) is 22.4 Å². The van der Waals surface area contributed by atoms with E-state index < -0.39 is 0 Å². The lowest BCUT2D eigenvalue weighted by Crippen LogP contribution is -2.29. The number of allylic oxidation sites excluding steroid dienone is 2. The SMILES string of the molecule is CC(/C=N\N1CN=CC(c2cccc(OCc3ccccc3)c2)=C1C1CCCCC1)CN/N=N\N. The molecule has 2 aromatic rings. The van der Waals surface area contributed by atoms with Gasteiger partial charge in [-0.25, -0.2) is 5.01 Å². The fourth-order valence-corrected chi connectivity index (χ4v) is 4.59. The van der Waals surface area contributed by atoms with Crippen LogP contribution in [0.2, 0.25) is 0 Å². The number of nitrogens with one attached hydrogen (secondary N) is 1. The highest BCUT2D eigenvalue weighted by atomic mass is 16.5. The smallest absolute Gasteiger partial charge is 0.131 e. The fraction of sp³-hybridized carbons (Fsp3) is 0.407. The van der Waals surface area contributed by atoms with Gasteiger partial charge in [-0.15, -0.1) is 0 Å². The Labute approximate surface area is 207 Å². The molecule has 0 aromatic heterocycles. The quantitative estimate of drug-likeness (QED) is 0.210. The number of rotatable bonds is 10. The van der Waals surface area contributed by atoms with Crippen LogP contribution >= 0.6 is 0 Å². The molecule has 35 heavy (non-hydrogen) atoms. The number of benzene rings is 2. The van der Waals surface area contributed by atoms with E-state index in [4.69, 9.17) is 15.7 Å². The standard InChI is InChI=1S/C27H35N7O/c1-21(16-30-33-32-28)17-31-34-20-29-18-26(27(34)23-11-6-3-7-12-23)24-13-8-14-25(15-24)35-19-22-9-4-2-5-10-22/h2,4-5,8-10,13-15,17-18,21,23H,3,6-7,11-12,16,19-20H2,1H3,(H2,28,33)(H,30,32)/b31-17-. The largest absolute Gasteiger partial charge is 0.489 e. The maximum atomic E-state index is 6.11. The minimum Gasteiger partial charge on any atom is -0.489 e. The summed E-state index contributed by atoms with van der Waals surface area (Å²) in [4.78, 5) is 4.66. The van der Waals surface area contributed by atoms with E-state index in [2.05, 4.69) is 63.1 Å². The molecule has 8 nitrogen and oxygen atoms in total. The first-order valence-electron chi connectivity index (χ1n) is 12.4. The van der Waals surface area contributed by atoms with Gasteiger partial charge in [-0.1, -0.05) is 79.1 Å². The molecule has 0 spiro atoms. The molecule has 1 aliphatic carbocycles. The Morgan fingerprint density at radius 1 is 1.14 bits per heavy atom. The number of hydrogen-bond donors (Lipinski definition) is 2. The summed E-state index contributed by atoms with van der Waals surface area (Å²) in [5.74, 6) is 6.54. The molecule has 0 saturated heterocycles. The molecule has 2 aliphatic rings. The Hall–Kier alpha value is -3.68. The van der Waals surface area contributed by atoms with Crippen molar-refractivity contribution in [3.05, 3.63) is 71.4 Å². The number of aliphatic imine (C=N–C) groups is 1. The average Bonchev–Trinajstić information content (AvgIpc) is 2.92. The summed E-state index contributed by atoms with van der Waals surface area (Å²) in [5, 5.41) is 13.8. The normalized spacial score (nSPS) is 17.9. The van der Waals surface area contributed by atoms with Crippen LogP contribution in [0, 0.1) is 11.8 Å². The fourth-order valence-electron chi connectivity index (χ4n) is 4.59. The van der Waals surface area contributed by atoms with Gasteiger partial charge >= 0.3 is 0 Å². The first kappa shape index (κ1) is 24.4. The van der Waals surface area contributed by atoms with Crippen LogP contribution in [0.3, 0.4) is 0 Å². The number of nitrogens with zero attached hydrogens (tertiary/aromatic N) is 5. The molecule has 0 amide bonds. The molecule has 2 aromatic carbocycles. The van der Waals surface area contributed by atoms with Crippen LogP contribution in [-0.4, -0.2) is 30.7 Å². The molecule has 1 heterocycles. The predicted molar refractivity (Wildman–Crippen MR) is 141 cm³/mol. The van der Waals surface area contributed by atoms with Gasteiger partial charge in [-0.05, 0) is 36.1 Å². The average molecular weight is 474 g/mol. The summed E-state index contributed by atoms with van der Waals surface area (Å²) in [6.45, 7) is 3.75. The van der Waals surface area contributed by atoms with Crippen molar-refractivity contribution < 1.29 is 4.74 Å². The molecule has 1 fully saturated rings. The van der Waals surface area contributed by atoms with Gasteiger partial charge in [0.25, 0.3) is 0 Å². The summed E-state index contributed by atoms with van der Waals surface area (Å²) in [6, 6.07) is 18.5. The minimum atomic E-state index is 0.164. The van der Waals surface area contributed by atoms with E-state index in [1.54, 1.807) is 0 Å². The third-order valence-corrected chi connectivity index (χ3v) is 6.38. The van der Waals surface area contributed by atoms with Gasteiger partial charge in [0, 0.05) is 36.4 Å². The first-order valence-corrected chi connectivity index (χ1v) is 12.4. The summed E-state index contributed by atoms with van der Waals surface area (Å²) in [6.07, 6.45) is 10.1. The van der Waals surface area contributed by atoms with Crippen LogP contribution in [0.4, 0.5) is 0 Å². The van der Waals surface area contributed by atoms with Gasteiger partial charge in [-0.2, -0.15) is 5.10 Å². The van der Waals surface area contributed by atoms with Gasteiger partial charge in [0.15, 0.2) is 0 Å². The van der Waals surface area contributed by atoms with Crippen LogP contribution in [0.1, 0.15) is 50.2 Å². The highest BCUT2D eigenvalue weighted by molar-refractivity contribution is 6.11. The Balaban J connectivity index is 1.58. The monoisotopic (exact) mass is 473 g/mol. The van der Waals surface area contributed by atoms with Crippen LogP contribution in [0.25, 0.3) is 5.57 Å². The molecular formula is C27H35N7O. The zero-order chi connectivity index (χ0) is 24.3. The first-order chi connectivity index (χ1) is 17.2. The number of ether oxygens (including phenoxy) is 1. The Bertz CT molecular complexity index is 1060. The van der Waals surface area contributed by atoms with Gasteiger partial charge < -0.3 is 10.6 Å². The van der Waals surface area contributed by atoms with Crippen LogP contribution in [0.15, 0.2) is 80.8 Å². The molecule has 0 bridgehead atoms. The lowest BCUT2D eigenvalue weighted by atomic mass is 9.83. The van der Waals surface area contributed by atoms with E-state index in [-0.39, 0.29) is 5.92 Å². The topological polar surface area (TPSA) is 100.0 Å². The van der Waals surface area contributed by atoms with Crippen LogP contribution in [0.5, 0.6) is 5.75 Å². The van der Waals surface area contributed by atoms with E-state index in [9.17, 15) is 0 Å². The van der Waals surface area contributed by atoms with Crippen molar-refractivity contribution in [2.75, 3.05) is 13.2 Å². The molecular weight excluding hydrogens is 438 g/mol. The molecule has 3 N–H and O–H groups in total. The highest BCUT2D eigenvalue weighted by Gasteiger charge is 2.28. The van der Waals surface area contributed by atoms with Crippen molar-refractivity contribution in [2.24, 2.45) is 38.2 Å². The zero-order valence-corrected chi connectivity index (χ0v) is 20.4. The van der Waals surface area contributed by atoms with Crippen LogP contribution < -0.4 is 16.0 Å². The third-order valence-electron chi connectivity index (χ3n) is 6.38. The second-order valence-corrected chi connectivity index (χ2v) is 9.11. The molecule has 1 saturated carbocycles. The molecule has 1 atom stereocenters. The number of hydrogen-bond acceptors (Lipinski definition) is 6. The van der Waals surface area contributed by atoms with Gasteiger partial charge in [0.1, 0.15) is 19.0 Å². The zero-order valence-electron chi connectivity index (χ0n) is 20.4. The highest BCUT2D eigenvalue weighted by Crippen LogP contribution is 2.37. The van der Waals surface area contributed by atoms with Crippen molar-refractivity contribution in [2.45, 2.75) is 45.6 Å². The second-order valence-electron chi connectivity index (χ2n) is 9.11. The molecule has 0 radical (unpaired) electrons. The second kappa shape index (κ2) is 12.7. The van der Waals surface area contributed by atoms with E-state index in [0.29, 0.717) is 25.7 Å². The lowest BCUT2D eigenvalue weighted by Gasteiger charge is -2.34. The van der Waals surface area contributed by atoms with Crippen molar-refractivity contribution in [1.29, 1.82) is 0 Å². The third kappa shape index (κ3) is 6.91. The maximum Gasteiger partial charge on any atom is 0.131 e. The van der Waals surface area contributed by atoms with Gasteiger partial charge in [-0.3, -0.25) is 10.4 Å². The van der Waals surface area contributed by atoms with Gasteiger partial charge in [0.2, 0.25) is 0 Å². The maximum absolute atomic E-state index is 6.11. The van der Waals surface area contributed by atoms with Crippen molar-refractivity contribution in [3.8, 4) is 5.75 Å². The van der Waals surface area contributed by atoms with Crippen LogP contribution in [-0.2, 0) is 6.61 Å². The lowest BCUT2D eigenvalue weighted by molar-refractivity contribution is 0.282. The van der Waals surface area contributed by atoms with E-state index in [1.807, 2.05) is 36.7 Å². The van der Waals surface area contributed by atoms with Crippen molar-refractivity contribution in [1.82, 2.24) is 10.4 Å². The Kier molecular flexibility index (Phi) is 8.86. The molecule has 184 valence electrons. The van der Waals surface area contributed by atoms with Crippen molar-refractivity contribution in [3.63, 3.8) is 0 Å². The van der Waals surface area contributed by atoms with Gasteiger partial charge in [0.05, 0.1) is 5.70 Å². The molecule has 4 rings (SSSR count). The summed E-state index contributed by atoms with van der Waals surface area (Å²) < 4.78 is 6.11. The Morgan fingerprint density at radius 2 is 1.97 bits per heavy atom. The van der Waals surface area contributed by atoms with Crippen molar-refractivity contribution >= 4 is 18.0 Å². The van der Waals surface area contributed by atoms with E-state index in [1.165, 1.54) is 37.8 Å². The van der Waals surface area contributed by atoms with E-state index >= 15 is 0 Å². The summed E-state index contributed by atoms with van der Waals surface area (Å²) in [5.41, 5.74) is 7.48. The summed E-state index contributed by atoms with van der Waals surface area (Å²) >= 11 is 0. The Morgan fingerprint density at radius 3 is 2.77 bits per heavy atom. The predicted octanol–water partition coefficient (Wildman–Crippen LogP) is 5.35. The number of nitrogens with two attached hydrogens (primary N) is 1. The minimum absolute atomic E-state index is 0.164. The molecule has 8 heteroatoms. The molecule has 1 aliphatic heterocycles. The molecule has 1 unspecified atom stereocenters. The number of hydrazone groups is 1. The summed E-state index contributed by atoms with van der Waals surface area (Å²) in [7, 11) is 0.